The van der Waals surface area contributed by atoms with Gasteiger partial charge in [-0.15, -0.1) is 0 Å². The maximum Gasteiger partial charge on any atom is 0.338 e. The van der Waals surface area contributed by atoms with Crippen molar-refractivity contribution in [1.82, 2.24) is 0 Å². The lowest BCUT2D eigenvalue weighted by molar-refractivity contribution is -0.160. The van der Waals surface area contributed by atoms with E-state index in [2.05, 4.69) is 0 Å². The maximum atomic E-state index is 12.9. The smallest absolute Gasteiger partial charge is 0.338 e. The predicted octanol–water partition coefficient (Wildman–Crippen LogP) is 4.67. The van der Waals surface area contributed by atoms with Crippen molar-refractivity contribution in [2.45, 2.75) is 45.1 Å². The molecule has 0 N–H and O–H groups in total. The molecule has 1 fully saturated rings. The summed E-state index contributed by atoms with van der Waals surface area (Å²) in [6.07, 6.45) is 1.61. The van der Waals surface area contributed by atoms with Gasteiger partial charge in [-0.1, -0.05) is 55.0 Å². The van der Waals surface area contributed by atoms with Gasteiger partial charge in [0.25, 0.3) is 0 Å². The molecule has 1 aliphatic rings. The van der Waals surface area contributed by atoms with Crippen LogP contribution in [0.3, 0.4) is 0 Å². The highest BCUT2D eigenvalue weighted by Crippen LogP contribution is 2.51. The Morgan fingerprint density at radius 3 is 2.52 bits per heavy atom. The number of ether oxygens (including phenoxy) is 2. The molecule has 2 aromatic carbocycles. The molecule has 142 valence electrons. The Balaban J connectivity index is 1.93. The highest BCUT2D eigenvalue weighted by Gasteiger charge is 2.56. The molecule has 0 amide bonds. The molecule has 4 heteroatoms. The number of aryl methyl sites for hydroxylation is 1. The third kappa shape index (κ3) is 3.61. The van der Waals surface area contributed by atoms with Crippen LogP contribution in [0, 0.1) is 12.3 Å². The van der Waals surface area contributed by atoms with Crippen LogP contribution in [0.25, 0.3) is 0 Å². The zero-order valence-corrected chi connectivity index (χ0v) is 16.1. The van der Waals surface area contributed by atoms with Crippen molar-refractivity contribution in [2.75, 3.05) is 7.11 Å². The summed E-state index contributed by atoms with van der Waals surface area (Å²) in [5.74, 6) is -0.818. The van der Waals surface area contributed by atoms with Crippen LogP contribution in [0.15, 0.2) is 54.6 Å². The van der Waals surface area contributed by atoms with Gasteiger partial charge in [-0.2, -0.15) is 0 Å². The Labute approximate surface area is 160 Å². The van der Waals surface area contributed by atoms with Crippen molar-refractivity contribution in [2.24, 2.45) is 5.41 Å². The highest BCUT2D eigenvalue weighted by atomic mass is 16.6. The Bertz CT molecular complexity index is 814. The normalized spacial score (nSPS) is 22.9. The summed E-state index contributed by atoms with van der Waals surface area (Å²) in [4.78, 5) is 25.7. The van der Waals surface area contributed by atoms with Crippen LogP contribution in [0.4, 0.5) is 0 Å². The number of methoxy groups -OCH3 is 1. The Kier molecular flexibility index (Phi) is 5.64. The monoisotopic (exact) mass is 366 g/mol. The van der Waals surface area contributed by atoms with E-state index in [0.717, 1.165) is 17.5 Å². The summed E-state index contributed by atoms with van der Waals surface area (Å²) in [5.41, 5.74) is 1.68. The summed E-state index contributed by atoms with van der Waals surface area (Å²) in [5, 5.41) is 0. The number of esters is 2. The molecule has 0 aromatic heterocycles. The minimum absolute atomic E-state index is 0.121. The third-order valence-electron chi connectivity index (χ3n) is 5.77. The van der Waals surface area contributed by atoms with Gasteiger partial charge in [-0.05, 0) is 43.9 Å². The third-order valence-corrected chi connectivity index (χ3v) is 5.77. The van der Waals surface area contributed by atoms with E-state index in [0.29, 0.717) is 18.4 Å². The van der Waals surface area contributed by atoms with Crippen LogP contribution in [0.2, 0.25) is 0 Å². The van der Waals surface area contributed by atoms with Gasteiger partial charge in [0, 0.05) is 5.92 Å². The minimum atomic E-state index is -0.865. The first-order valence-corrected chi connectivity index (χ1v) is 9.40. The molecule has 0 heterocycles. The molecule has 4 nitrogen and oxygen atoms in total. The second-order valence-electron chi connectivity index (χ2n) is 7.32. The molecule has 0 aliphatic heterocycles. The molecule has 0 saturated heterocycles. The molecule has 1 saturated carbocycles. The molecule has 3 atom stereocenters. The van der Waals surface area contributed by atoms with Gasteiger partial charge in [-0.3, -0.25) is 4.79 Å². The van der Waals surface area contributed by atoms with Crippen molar-refractivity contribution in [3.8, 4) is 0 Å². The Morgan fingerprint density at radius 1 is 1.11 bits per heavy atom. The average Bonchev–Trinajstić information content (AvgIpc) is 3.11. The fraction of sp³-hybridized carbons (Fsp3) is 0.391. The molecule has 3 unspecified atom stereocenters. The fourth-order valence-electron chi connectivity index (χ4n) is 4.27. The van der Waals surface area contributed by atoms with E-state index in [-0.39, 0.29) is 17.9 Å². The van der Waals surface area contributed by atoms with E-state index in [1.54, 1.807) is 12.1 Å². The maximum absolute atomic E-state index is 12.9. The van der Waals surface area contributed by atoms with Gasteiger partial charge in [0.1, 0.15) is 11.5 Å². The van der Waals surface area contributed by atoms with E-state index in [4.69, 9.17) is 9.47 Å². The summed E-state index contributed by atoms with van der Waals surface area (Å²) in [6, 6.07) is 17.2. The first-order chi connectivity index (χ1) is 13.0. The van der Waals surface area contributed by atoms with Crippen LogP contribution in [0.5, 0.6) is 0 Å². The molecule has 0 radical (unpaired) electrons. The summed E-state index contributed by atoms with van der Waals surface area (Å²) >= 11 is 0. The lowest BCUT2D eigenvalue weighted by Crippen LogP contribution is -2.45. The van der Waals surface area contributed by atoms with Gasteiger partial charge in [0.15, 0.2) is 0 Å². The number of hydrogen-bond donors (Lipinski definition) is 0. The van der Waals surface area contributed by atoms with Crippen LogP contribution in [-0.2, 0) is 14.3 Å². The minimum Gasteiger partial charge on any atom is -0.468 e. The van der Waals surface area contributed by atoms with Gasteiger partial charge in [0.2, 0.25) is 0 Å². The standard InChI is InChI=1S/C23H26O4/c1-16-9-7-12-19(15-16)21(24)27-20-13-8-14-23(20,22(25)26-3)17(2)18-10-5-4-6-11-18/h4-7,9-12,15,17,20H,8,13-14H2,1-3H3. The number of rotatable bonds is 5. The van der Waals surface area contributed by atoms with Gasteiger partial charge >= 0.3 is 11.9 Å². The van der Waals surface area contributed by atoms with Gasteiger partial charge in [-0.25, -0.2) is 4.79 Å². The van der Waals surface area contributed by atoms with Crippen molar-refractivity contribution < 1.29 is 19.1 Å². The predicted molar refractivity (Wildman–Crippen MR) is 104 cm³/mol. The Morgan fingerprint density at radius 2 is 1.85 bits per heavy atom. The van der Waals surface area contributed by atoms with Crippen LogP contribution in [-0.4, -0.2) is 25.2 Å². The molecule has 0 bridgehead atoms. The molecule has 3 rings (SSSR count). The fourth-order valence-corrected chi connectivity index (χ4v) is 4.27. The average molecular weight is 366 g/mol. The molecule has 2 aromatic rings. The molecule has 1 aliphatic carbocycles. The largest absolute Gasteiger partial charge is 0.468 e. The first kappa shape index (κ1) is 19.2. The van der Waals surface area contributed by atoms with E-state index in [1.807, 2.05) is 56.3 Å². The van der Waals surface area contributed by atoms with Crippen LogP contribution in [0.1, 0.15) is 53.6 Å². The Hall–Kier alpha value is -2.62. The van der Waals surface area contributed by atoms with Crippen LogP contribution < -0.4 is 0 Å². The summed E-state index contributed by atoms with van der Waals surface area (Å²) in [6.45, 7) is 3.95. The molecule has 0 spiro atoms. The second-order valence-corrected chi connectivity index (χ2v) is 7.32. The summed E-state index contributed by atoms with van der Waals surface area (Å²) in [7, 11) is 1.40. The quantitative estimate of drug-likeness (QED) is 0.722. The topological polar surface area (TPSA) is 52.6 Å². The van der Waals surface area contributed by atoms with Crippen LogP contribution >= 0.6 is 0 Å². The summed E-state index contributed by atoms with van der Waals surface area (Å²) < 4.78 is 11.1. The lowest BCUT2D eigenvalue weighted by atomic mass is 9.70. The van der Waals surface area contributed by atoms with E-state index >= 15 is 0 Å². The lowest BCUT2D eigenvalue weighted by Gasteiger charge is -2.37. The van der Waals surface area contributed by atoms with Crippen molar-refractivity contribution >= 4 is 11.9 Å². The number of hydrogen-bond acceptors (Lipinski definition) is 4. The van der Waals surface area contributed by atoms with Crippen molar-refractivity contribution in [1.29, 1.82) is 0 Å². The number of benzene rings is 2. The molecular weight excluding hydrogens is 340 g/mol. The van der Waals surface area contributed by atoms with Crippen molar-refractivity contribution in [3.63, 3.8) is 0 Å². The van der Waals surface area contributed by atoms with E-state index in [1.165, 1.54) is 7.11 Å². The molecular formula is C23H26O4. The number of carbonyl (C=O) groups is 2. The zero-order chi connectivity index (χ0) is 19.4. The van der Waals surface area contributed by atoms with E-state index in [9.17, 15) is 9.59 Å². The van der Waals surface area contributed by atoms with Gasteiger partial charge in [0.05, 0.1) is 12.7 Å². The first-order valence-electron chi connectivity index (χ1n) is 9.40. The SMILES string of the molecule is COC(=O)C1(C(C)c2ccccc2)CCCC1OC(=O)c1cccc(C)c1. The van der Waals surface area contributed by atoms with E-state index < -0.39 is 11.5 Å². The highest BCUT2D eigenvalue weighted by molar-refractivity contribution is 5.90. The van der Waals surface area contributed by atoms with Gasteiger partial charge < -0.3 is 9.47 Å². The second kappa shape index (κ2) is 7.95. The zero-order valence-electron chi connectivity index (χ0n) is 16.1. The number of carbonyl (C=O) groups excluding carboxylic acids is 2. The van der Waals surface area contributed by atoms with Crippen molar-refractivity contribution in [3.05, 3.63) is 71.3 Å². The molecule has 27 heavy (non-hydrogen) atoms.